The topological polar surface area (TPSA) is 160 Å². The summed E-state index contributed by atoms with van der Waals surface area (Å²) >= 11 is 11.2. The lowest BCUT2D eigenvalue weighted by molar-refractivity contribution is -0.185. The van der Waals surface area contributed by atoms with Crippen LogP contribution < -0.4 is 5.32 Å². The van der Waals surface area contributed by atoms with E-state index in [4.69, 9.17) is 21.1 Å². The van der Waals surface area contributed by atoms with Crippen molar-refractivity contribution >= 4 is 114 Å². The molecule has 0 aliphatic carbocycles. The van der Waals surface area contributed by atoms with Crippen molar-refractivity contribution in [3.8, 4) is 0 Å². The maximum absolute atomic E-state index is 13.4. The molecule has 0 radical (unpaired) electrons. The third-order valence-electron chi connectivity index (χ3n) is 4.16. The summed E-state index contributed by atoms with van der Waals surface area (Å²) in [5, 5.41) is 20.9. The molecule has 1 rings (SSSR count). The standard InChI is InChI=1S/C19H20ClI3N2O9/c1-8(26)33-7-19(34-9(2)27,18(32)25(3)6-13(28)15(29)16(20)30)17(31)24-14-11(22)4-10(21)5-12(14)23/h4-5,13,15,28-29H,6-7H2,1-3H3,(H,24,31). The van der Waals surface area contributed by atoms with Crippen molar-refractivity contribution in [2.75, 3.05) is 25.5 Å². The first-order valence-electron chi connectivity index (χ1n) is 9.22. The average Bonchev–Trinajstić information content (AvgIpc) is 2.71. The minimum Gasteiger partial charge on any atom is -0.460 e. The van der Waals surface area contributed by atoms with Gasteiger partial charge in [0.15, 0.2) is 6.10 Å². The van der Waals surface area contributed by atoms with Crippen molar-refractivity contribution in [3.63, 3.8) is 0 Å². The molecule has 1 aromatic rings. The van der Waals surface area contributed by atoms with Gasteiger partial charge in [0.05, 0.1) is 5.69 Å². The summed E-state index contributed by atoms with van der Waals surface area (Å²) in [6, 6.07) is 3.51. The minimum atomic E-state index is -2.68. The number of halogens is 4. The van der Waals surface area contributed by atoms with Crippen LogP contribution in [0.5, 0.6) is 0 Å². The molecular formula is C19H20ClI3N2O9. The third-order valence-corrected chi connectivity index (χ3v) is 6.71. The largest absolute Gasteiger partial charge is 0.460 e. The summed E-state index contributed by atoms with van der Waals surface area (Å²) < 4.78 is 12.1. The monoisotopic (exact) mass is 836 g/mol. The molecule has 3 unspecified atom stereocenters. The number of hydrogen-bond donors (Lipinski definition) is 3. The highest BCUT2D eigenvalue weighted by Gasteiger charge is 2.53. The van der Waals surface area contributed by atoms with E-state index in [2.05, 4.69) is 27.9 Å². The number of rotatable bonds is 10. The van der Waals surface area contributed by atoms with Crippen molar-refractivity contribution in [3.05, 3.63) is 22.8 Å². The van der Waals surface area contributed by atoms with Crippen molar-refractivity contribution in [2.24, 2.45) is 0 Å². The fourth-order valence-corrected chi connectivity index (χ4v) is 6.59. The van der Waals surface area contributed by atoms with E-state index in [0.29, 0.717) is 12.8 Å². The zero-order valence-corrected chi connectivity index (χ0v) is 25.2. The van der Waals surface area contributed by atoms with Gasteiger partial charge in [0.1, 0.15) is 12.7 Å². The highest BCUT2D eigenvalue weighted by molar-refractivity contribution is 14.1. The maximum Gasteiger partial charge on any atom is 0.304 e. The van der Waals surface area contributed by atoms with Crippen LogP contribution in [0.1, 0.15) is 13.8 Å². The molecule has 0 aliphatic heterocycles. The van der Waals surface area contributed by atoms with Crippen LogP contribution in [-0.4, -0.2) is 82.1 Å². The Kier molecular flexibility index (Phi) is 12.4. The van der Waals surface area contributed by atoms with Crippen LogP contribution in [0.4, 0.5) is 5.69 Å². The van der Waals surface area contributed by atoms with Gasteiger partial charge in [0.2, 0.25) is 0 Å². The van der Waals surface area contributed by atoms with E-state index in [1.54, 1.807) is 12.1 Å². The Bertz CT molecular complexity index is 971. The van der Waals surface area contributed by atoms with Crippen LogP contribution in [0.3, 0.4) is 0 Å². The number of amides is 2. The summed E-state index contributed by atoms with van der Waals surface area (Å²) in [6.07, 6.45) is -3.83. The van der Waals surface area contributed by atoms with Gasteiger partial charge in [-0.15, -0.1) is 0 Å². The quantitative estimate of drug-likeness (QED) is 0.137. The molecule has 0 aromatic heterocycles. The molecule has 0 saturated heterocycles. The van der Waals surface area contributed by atoms with Gasteiger partial charge in [-0.05, 0) is 91.5 Å². The predicted octanol–water partition coefficient (Wildman–Crippen LogP) is 1.25. The molecule has 3 atom stereocenters. The molecule has 34 heavy (non-hydrogen) atoms. The molecule has 3 N–H and O–H groups in total. The van der Waals surface area contributed by atoms with Crippen molar-refractivity contribution < 1.29 is 43.7 Å². The van der Waals surface area contributed by atoms with Gasteiger partial charge in [-0.2, -0.15) is 0 Å². The third kappa shape index (κ3) is 8.38. The van der Waals surface area contributed by atoms with Gasteiger partial charge >= 0.3 is 17.5 Å². The van der Waals surface area contributed by atoms with Gasteiger partial charge < -0.3 is 29.9 Å². The van der Waals surface area contributed by atoms with E-state index in [9.17, 15) is 34.2 Å². The van der Waals surface area contributed by atoms with E-state index in [-0.39, 0.29) is 0 Å². The number of esters is 2. The van der Waals surface area contributed by atoms with Gasteiger partial charge in [-0.3, -0.25) is 24.0 Å². The first-order chi connectivity index (χ1) is 15.6. The van der Waals surface area contributed by atoms with Crippen LogP contribution in [-0.2, 0) is 33.4 Å². The number of aliphatic hydroxyl groups excluding tert-OH is 2. The van der Waals surface area contributed by atoms with Gasteiger partial charge in [-0.25, -0.2) is 0 Å². The second-order valence-corrected chi connectivity index (χ2v) is 10.8. The number of hydrogen-bond acceptors (Lipinski definition) is 9. The lowest BCUT2D eigenvalue weighted by Gasteiger charge is -2.34. The van der Waals surface area contributed by atoms with Crippen molar-refractivity contribution in [1.82, 2.24) is 4.90 Å². The predicted molar refractivity (Wildman–Crippen MR) is 145 cm³/mol. The number of carbonyl (C=O) groups excluding carboxylic acids is 5. The van der Waals surface area contributed by atoms with E-state index < -0.39 is 60.0 Å². The average molecular weight is 837 g/mol. The SMILES string of the molecule is CC(=O)OCC(OC(C)=O)(C(=O)Nc1c(I)cc(I)cc1I)C(=O)N(C)CC(O)C(O)C(=O)Cl. The van der Waals surface area contributed by atoms with E-state index in [0.717, 1.165) is 29.4 Å². The Morgan fingerprint density at radius 3 is 2.06 bits per heavy atom. The molecule has 0 spiro atoms. The fraction of sp³-hybridized carbons (Fsp3) is 0.421. The highest BCUT2D eigenvalue weighted by Crippen LogP contribution is 2.29. The number of carbonyl (C=O) groups is 5. The lowest BCUT2D eigenvalue weighted by Crippen LogP contribution is -2.62. The Hall–Kier alpha value is -0.830. The first-order valence-corrected chi connectivity index (χ1v) is 12.8. The van der Waals surface area contributed by atoms with Crippen molar-refractivity contribution in [1.29, 1.82) is 0 Å². The Morgan fingerprint density at radius 2 is 1.62 bits per heavy atom. The number of likely N-dealkylation sites (N-methyl/N-ethyl adjacent to an activating group) is 1. The molecule has 188 valence electrons. The molecule has 0 aliphatic rings. The Morgan fingerprint density at radius 1 is 1.09 bits per heavy atom. The lowest BCUT2D eigenvalue weighted by atomic mass is 10.0. The van der Waals surface area contributed by atoms with Crippen LogP contribution in [0, 0.1) is 10.7 Å². The van der Waals surface area contributed by atoms with Crippen LogP contribution in [0.2, 0.25) is 0 Å². The normalized spacial score (nSPS) is 14.3. The van der Waals surface area contributed by atoms with E-state index in [1.165, 1.54) is 0 Å². The number of anilines is 1. The summed E-state index contributed by atoms with van der Waals surface area (Å²) in [5.74, 6) is -4.21. The van der Waals surface area contributed by atoms with Crippen LogP contribution in [0.15, 0.2) is 12.1 Å². The minimum absolute atomic E-state index is 0.324. The van der Waals surface area contributed by atoms with Crippen LogP contribution in [0.25, 0.3) is 0 Å². The highest BCUT2D eigenvalue weighted by atomic mass is 127. The molecule has 2 amide bonds. The maximum atomic E-state index is 13.4. The summed E-state index contributed by atoms with van der Waals surface area (Å²) in [6.45, 7) is 0.336. The fourth-order valence-electron chi connectivity index (χ4n) is 2.59. The number of ether oxygens (including phenoxy) is 2. The summed E-state index contributed by atoms with van der Waals surface area (Å²) in [7, 11) is 1.12. The van der Waals surface area contributed by atoms with Gasteiger partial charge in [0, 0.05) is 38.2 Å². The molecule has 15 heteroatoms. The van der Waals surface area contributed by atoms with Crippen molar-refractivity contribution in [2.45, 2.75) is 31.7 Å². The van der Waals surface area contributed by atoms with E-state index >= 15 is 0 Å². The molecule has 0 fully saturated rings. The molecule has 11 nitrogen and oxygen atoms in total. The van der Waals surface area contributed by atoms with Crippen LogP contribution >= 0.6 is 79.4 Å². The zero-order chi connectivity index (χ0) is 26.4. The first kappa shape index (κ1) is 31.2. The molecule has 0 bridgehead atoms. The molecule has 0 saturated carbocycles. The summed E-state index contributed by atoms with van der Waals surface area (Å²) in [5.41, 5.74) is -2.36. The molecular weight excluding hydrogens is 816 g/mol. The second-order valence-electron chi connectivity index (χ2n) is 6.90. The zero-order valence-electron chi connectivity index (χ0n) is 17.9. The summed E-state index contributed by atoms with van der Waals surface area (Å²) in [4.78, 5) is 62.1. The number of aliphatic hydroxyl groups is 2. The Labute approximate surface area is 240 Å². The van der Waals surface area contributed by atoms with Gasteiger partial charge in [-0.1, -0.05) is 0 Å². The molecule has 0 heterocycles. The second kappa shape index (κ2) is 13.5. The smallest absolute Gasteiger partial charge is 0.304 e. The number of nitrogens with one attached hydrogen (secondary N) is 1. The molecule has 1 aromatic carbocycles. The van der Waals surface area contributed by atoms with E-state index in [1.807, 2.05) is 45.2 Å². The van der Waals surface area contributed by atoms with Gasteiger partial charge in [0.25, 0.3) is 17.1 Å². The number of nitrogens with zero attached hydrogens (tertiary/aromatic N) is 1. The Balaban J connectivity index is 3.47. The number of benzene rings is 1.